The number of rotatable bonds is 2. The molecule has 7 heteroatoms. The van der Waals surface area contributed by atoms with Crippen molar-refractivity contribution in [3.63, 3.8) is 0 Å². The molecule has 0 saturated carbocycles. The minimum atomic E-state index is -0.687. The molecule has 2 saturated heterocycles. The van der Waals surface area contributed by atoms with Crippen LogP contribution in [0.2, 0.25) is 0 Å². The Balaban J connectivity index is 1.76. The van der Waals surface area contributed by atoms with E-state index in [0.29, 0.717) is 19.0 Å². The summed E-state index contributed by atoms with van der Waals surface area (Å²) in [6.45, 7) is 2.01. The van der Waals surface area contributed by atoms with Crippen molar-refractivity contribution in [3.05, 3.63) is 33.9 Å². The third kappa shape index (κ3) is 2.76. The summed E-state index contributed by atoms with van der Waals surface area (Å²) < 4.78 is 5.72. The first-order valence-corrected chi connectivity index (χ1v) is 7.44. The molecule has 2 aliphatic heterocycles. The van der Waals surface area contributed by atoms with Crippen molar-refractivity contribution < 1.29 is 19.6 Å². The van der Waals surface area contributed by atoms with E-state index in [0.717, 1.165) is 31.9 Å². The molecule has 2 atom stereocenters. The molecule has 0 unspecified atom stereocenters. The van der Waals surface area contributed by atoms with Crippen LogP contribution in [0.5, 0.6) is 5.75 Å². The fourth-order valence-corrected chi connectivity index (χ4v) is 3.26. The number of hydrogen-bond acceptors (Lipinski definition) is 5. The first kappa shape index (κ1) is 14.8. The quantitative estimate of drug-likeness (QED) is 0.666. The number of likely N-dealkylation sites (tertiary alicyclic amines) is 1. The highest BCUT2D eigenvalue weighted by Crippen LogP contribution is 2.31. The zero-order chi connectivity index (χ0) is 15.7. The molecule has 0 radical (unpaired) electrons. The standard InChI is InChI=1S/C15H18N2O5/c18-13-4-3-10(8-12(13)17(20)21)15(19)16-6-5-14-11(9-16)2-1-7-22-14/h3-4,8,11,14,18H,1-2,5-7,9H2/t11-,14+/m0/s1. The number of benzene rings is 1. The van der Waals surface area contributed by atoms with Crippen molar-refractivity contribution in [2.75, 3.05) is 19.7 Å². The van der Waals surface area contributed by atoms with Crippen LogP contribution in [0.4, 0.5) is 5.69 Å². The Kier molecular flexibility index (Phi) is 3.98. The van der Waals surface area contributed by atoms with E-state index in [-0.39, 0.29) is 17.6 Å². The summed E-state index contributed by atoms with van der Waals surface area (Å²) in [5.41, 5.74) is -0.207. The normalized spacial score (nSPS) is 24.6. The number of aromatic hydroxyl groups is 1. The van der Waals surface area contributed by atoms with Crippen LogP contribution >= 0.6 is 0 Å². The lowest BCUT2D eigenvalue weighted by Crippen LogP contribution is -2.48. The van der Waals surface area contributed by atoms with Gasteiger partial charge in [-0.3, -0.25) is 14.9 Å². The first-order valence-electron chi connectivity index (χ1n) is 7.44. The van der Waals surface area contributed by atoms with E-state index in [1.54, 1.807) is 4.90 Å². The highest BCUT2D eigenvalue weighted by molar-refractivity contribution is 5.95. The van der Waals surface area contributed by atoms with Crippen LogP contribution in [0.1, 0.15) is 29.6 Å². The number of carbonyl (C=O) groups excluding carboxylic acids is 1. The van der Waals surface area contributed by atoms with Crippen molar-refractivity contribution in [1.29, 1.82) is 0 Å². The molecule has 1 amide bonds. The zero-order valence-electron chi connectivity index (χ0n) is 12.1. The topological polar surface area (TPSA) is 92.9 Å². The molecule has 3 rings (SSSR count). The molecule has 2 fully saturated rings. The Morgan fingerprint density at radius 2 is 2.23 bits per heavy atom. The Hall–Kier alpha value is -2.15. The van der Waals surface area contributed by atoms with Crippen LogP contribution in [-0.2, 0) is 4.74 Å². The molecule has 118 valence electrons. The molecule has 1 aromatic rings. The van der Waals surface area contributed by atoms with E-state index in [9.17, 15) is 20.0 Å². The van der Waals surface area contributed by atoms with Gasteiger partial charge in [0.25, 0.3) is 5.91 Å². The number of nitro benzene ring substituents is 1. The van der Waals surface area contributed by atoms with Gasteiger partial charge in [-0.2, -0.15) is 0 Å². The smallest absolute Gasteiger partial charge is 0.311 e. The van der Waals surface area contributed by atoms with Gasteiger partial charge >= 0.3 is 5.69 Å². The highest BCUT2D eigenvalue weighted by atomic mass is 16.6. The van der Waals surface area contributed by atoms with Gasteiger partial charge < -0.3 is 14.7 Å². The van der Waals surface area contributed by atoms with Gasteiger partial charge in [-0.25, -0.2) is 0 Å². The van der Waals surface area contributed by atoms with E-state index in [1.807, 2.05) is 0 Å². The van der Waals surface area contributed by atoms with E-state index in [2.05, 4.69) is 0 Å². The SMILES string of the molecule is O=C(c1ccc(O)c([N+](=O)[O-])c1)N1CC[C@H]2OCCC[C@H]2C1. The molecule has 22 heavy (non-hydrogen) atoms. The minimum Gasteiger partial charge on any atom is -0.502 e. The number of nitro groups is 1. The summed E-state index contributed by atoms with van der Waals surface area (Å²) >= 11 is 0. The van der Waals surface area contributed by atoms with Crippen LogP contribution in [0.3, 0.4) is 0 Å². The van der Waals surface area contributed by atoms with Gasteiger partial charge in [0, 0.05) is 37.2 Å². The molecule has 0 aromatic heterocycles. The van der Waals surface area contributed by atoms with Gasteiger partial charge in [0.2, 0.25) is 0 Å². The van der Waals surface area contributed by atoms with Gasteiger partial charge in [-0.05, 0) is 31.4 Å². The molecule has 2 heterocycles. The van der Waals surface area contributed by atoms with Gasteiger partial charge in [0.1, 0.15) is 0 Å². The summed E-state index contributed by atoms with van der Waals surface area (Å²) in [5, 5.41) is 20.3. The van der Waals surface area contributed by atoms with Gasteiger partial charge in [0.05, 0.1) is 11.0 Å². The van der Waals surface area contributed by atoms with Crippen molar-refractivity contribution in [3.8, 4) is 5.75 Å². The molecule has 1 aromatic carbocycles. The second kappa shape index (κ2) is 5.92. The third-order valence-electron chi connectivity index (χ3n) is 4.42. The lowest BCUT2D eigenvalue weighted by Gasteiger charge is -2.41. The molecule has 2 aliphatic rings. The van der Waals surface area contributed by atoms with E-state index in [4.69, 9.17) is 4.74 Å². The van der Waals surface area contributed by atoms with Crippen LogP contribution in [0.25, 0.3) is 0 Å². The molecule has 1 N–H and O–H groups in total. The molecular weight excluding hydrogens is 288 g/mol. The Morgan fingerprint density at radius 3 is 3.00 bits per heavy atom. The van der Waals surface area contributed by atoms with E-state index >= 15 is 0 Å². The largest absolute Gasteiger partial charge is 0.502 e. The van der Waals surface area contributed by atoms with Crippen molar-refractivity contribution in [2.45, 2.75) is 25.4 Å². The van der Waals surface area contributed by atoms with Crippen molar-refractivity contribution in [1.82, 2.24) is 4.90 Å². The zero-order valence-corrected chi connectivity index (χ0v) is 12.1. The number of phenols is 1. The average Bonchev–Trinajstić information content (AvgIpc) is 2.54. The number of nitrogens with zero attached hydrogens (tertiary/aromatic N) is 2. The summed E-state index contributed by atoms with van der Waals surface area (Å²) in [6, 6.07) is 3.76. The number of ether oxygens (including phenoxy) is 1. The average molecular weight is 306 g/mol. The number of carbonyl (C=O) groups is 1. The molecular formula is C15H18N2O5. The van der Waals surface area contributed by atoms with Crippen LogP contribution in [-0.4, -0.2) is 46.6 Å². The van der Waals surface area contributed by atoms with Gasteiger partial charge in [-0.1, -0.05) is 0 Å². The highest BCUT2D eigenvalue weighted by Gasteiger charge is 2.34. The Morgan fingerprint density at radius 1 is 1.41 bits per heavy atom. The summed E-state index contributed by atoms with van der Waals surface area (Å²) in [4.78, 5) is 24.4. The molecule has 0 bridgehead atoms. The predicted molar refractivity (Wildman–Crippen MR) is 77.7 cm³/mol. The number of fused-ring (bicyclic) bond motifs is 1. The minimum absolute atomic E-state index is 0.229. The van der Waals surface area contributed by atoms with Gasteiger partial charge in [-0.15, -0.1) is 0 Å². The monoisotopic (exact) mass is 306 g/mol. The first-order chi connectivity index (χ1) is 10.6. The third-order valence-corrected chi connectivity index (χ3v) is 4.42. The van der Waals surface area contributed by atoms with Crippen LogP contribution < -0.4 is 0 Å². The summed E-state index contributed by atoms with van der Waals surface area (Å²) in [5.74, 6) is -0.313. The number of piperidine rings is 1. The second-order valence-corrected chi connectivity index (χ2v) is 5.81. The maximum absolute atomic E-state index is 12.5. The van der Waals surface area contributed by atoms with Gasteiger partial charge in [0.15, 0.2) is 5.75 Å². The molecule has 0 spiro atoms. The Bertz CT molecular complexity index is 604. The van der Waals surface area contributed by atoms with Crippen molar-refractivity contribution in [2.24, 2.45) is 5.92 Å². The van der Waals surface area contributed by atoms with E-state index < -0.39 is 16.4 Å². The fourth-order valence-electron chi connectivity index (χ4n) is 3.26. The maximum atomic E-state index is 12.5. The predicted octanol–water partition coefficient (Wildman–Crippen LogP) is 1.94. The number of hydrogen-bond donors (Lipinski definition) is 1. The summed E-state index contributed by atoms with van der Waals surface area (Å²) in [7, 11) is 0. The Labute approximate surface area is 127 Å². The van der Waals surface area contributed by atoms with Crippen LogP contribution in [0.15, 0.2) is 18.2 Å². The molecule has 0 aliphatic carbocycles. The number of phenolic OH excluding ortho intramolecular Hbond substituents is 1. The lowest BCUT2D eigenvalue weighted by molar-refractivity contribution is -0.385. The van der Waals surface area contributed by atoms with Crippen molar-refractivity contribution >= 4 is 11.6 Å². The fraction of sp³-hybridized carbons (Fsp3) is 0.533. The lowest BCUT2D eigenvalue weighted by atomic mass is 9.88. The number of amides is 1. The van der Waals surface area contributed by atoms with E-state index in [1.165, 1.54) is 12.1 Å². The maximum Gasteiger partial charge on any atom is 0.311 e. The molecule has 7 nitrogen and oxygen atoms in total. The summed E-state index contributed by atoms with van der Waals surface area (Å²) in [6.07, 6.45) is 3.08. The second-order valence-electron chi connectivity index (χ2n) is 5.81. The van der Waals surface area contributed by atoms with Crippen LogP contribution in [0, 0.1) is 16.0 Å².